The third kappa shape index (κ3) is 3.74. The van der Waals surface area contributed by atoms with Gasteiger partial charge in [0.1, 0.15) is 11.2 Å². The Balaban J connectivity index is 1.39. The number of rotatable bonds is 4. The van der Waals surface area contributed by atoms with Crippen LogP contribution in [-0.4, -0.2) is 9.97 Å². The summed E-state index contributed by atoms with van der Waals surface area (Å²) in [4.78, 5) is 10.4. The van der Waals surface area contributed by atoms with Gasteiger partial charge in [-0.25, -0.2) is 9.97 Å². The van der Waals surface area contributed by atoms with E-state index >= 15 is 0 Å². The maximum Gasteiger partial charge on any atom is 0.164 e. The fourth-order valence-corrected chi connectivity index (χ4v) is 6.59. The van der Waals surface area contributed by atoms with Crippen molar-refractivity contribution in [3.8, 4) is 22.6 Å². The molecule has 0 aliphatic rings. The molecule has 0 bridgehead atoms. The van der Waals surface area contributed by atoms with Gasteiger partial charge >= 0.3 is 0 Å². The number of para-hydroxylation sites is 3. The van der Waals surface area contributed by atoms with Gasteiger partial charge in [-0.3, -0.25) is 0 Å². The van der Waals surface area contributed by atoms with Crippen LogP contribution in [0.15, 0.2) is 120 Å². The summed E-state index contributed by atoms with van der Waals surface area (Å²) in [7, 11) is 0. The Bertz CT molecular complexity index is 2220. The topological polar surface area (TPSA) is 51.0 Å². The lowest BCUT2D eigenvalue weighted by Gasteiger charge is -2.09. The fraction of sp³-hybridized carbons (Fsp3) is 0. The van der Waals surface area contributed by atoms with Gasteiger partial charge in [0, 0.05) is 32.1 Å². The molecule has 3 heterocycles. The molecule has 40 heavy (non-hydrogen) atoms. The van der Waals surface area contributed by atoms with Gasteiger partial charge in [-0.1, -0.05) is 84.4 Å². The van der Waals surface area contributed by atoms with Gasteiger partial charge in [0.25, 0.3) is 0 Å². The lowest BCUT2D eigenvalue weighted by molar-refractivity contribution is 0.669. The summed E-state index contributed by atoms with van der Waals surface area (Å²) >= 11 is 8.14. The highest BCUT2D eigenvalue weighted by atomic mass is 35.5. The molecule has 8 aromatic rings. The third-order valence-corrected chi connectivity index (χ3v) is 8.65. The third-order valence-electron chi connectivity index (χ3n) is 7.16. The van der Waals surface area contributed by atoms with Crippen LogP contribution in [0.2, 0.25) is 5.02 Å². The van der Waals surface area contributed by atoms with Gasteiger partial charge in [0.2, 0.25) is 0 Å². The minimum Gasteiger partial charge on any atom is -0.455 e. The molecule has 0 radical (unpaired) electrons. The van der Waals surface area contributed by atoms with Gasteiger partial charge in [-0.2, -0.15) is 0 Å². The number of fused-ring (bicyclic) bond motifs is 6. The molecule has 190 valence electrons. The Labute approximate surface area is 238 Å². The van der Waals surface area contributed by atoms with E-state index in [1.807, 2.05) is 72.8 Å². The second kappa shape index (κ2) is 9.19. The summed E-state index contributed by atoms with van der Waals surface area (Å²) in [5.74, 6) is 0.639. The molecule has 3 aromatic heterocycles. The first-order valence-corrected chi connectivity index (χ1v) is 14.1. The quantitative estimate of drug-likeness (QED) is 0.235. The van der Waals surface area contributed by atoms with Crippen LogP contribution >= 0.6 is 22.9 Å². The predicted octanol–water partition coefficient (Wildman–Crippen LogP) is 10.5. The van der Waals surface area contributed by atoms with Crippen LogP contribution in [0.4, 0.5) is 11.4 Å². The zero-order valence-electron chi connectivity index (χ0n) is 21.1. The number of halogens is 1. The molecule has 0 atom stereocenters. The molecule has 8 rings (SSSR count). The summed E-state index contributed by atoms with van der Waals surface area (Å²) < 4.78 is 8.56. The second-order valence-electron chi connectivity index (χ2n) is 9.64. The van der Waals surface area contributed by atoms with E-state index in [0.29, 0.717) is 10.8 Å². The normalized spacial score (nSPS) is 11.6. The van der Waals surface area contributed by atoms with E-state index in [-0.39, 0.29) is 0 Å². The van der Waals surface area contributed by atoms with Crippen molar-refractivity contribution in [3.05, 3.63) is 120 Å². The number of nitrogens with one attached hydrogen (secondary N) is 1. The number of hydrogen-bond donors (Lipinski definition) is 1. The van der Waals surface area contributed by atoms with Crippen molar-refractivity contribution in [2.24, 2.45) is 0 Å². The van der Waals surface area contributed by atoms with E-state index in [2.05, 4.69) is 47.8 Å². The summed E-state index contributed by atoms with van der Waals surface area (Å²) in [6, 6.07) is 38.7. The smallest absolute Gasteiger partial charge is 0.164 e. The standard InChI is InChI=1S/C34H20ClN3OS/c35-26-14-5-6-15-27(26)36-21-17-18-29-25(19-21)31-33(40-29)30(20-9-2-1-3-10-20)37-34(38-31)24-13-8-12-23-22-11-4-7-16-28(22)39-32(23)24/h1-19,36H. The molecular formula is C34H20ClN3OS. The molecule has 0 spiro atoms. The average Bonchev–Trinajstić information content (AvgIpc) is 3.56. The van der Waals surface area contributed by atoms with Gasteiger partial charge in [0.15, 0.2) is 5.82 Å². The lowest BCUT2D eigenvalue weighted by Crippen LogP contribution is -1.94. The van der Waals surface area contributed by atoms with Crippen molar-refractivity contribution in [1.29, 1.82) is 0 Å². The maximum absolute atomic E-state index is 6.43. The molecular weight excluding hydrogens is 534 g/mol. The highest BCUT2D eigenvalue weighted by Gasteiger charge is 2.20. The molecule has 0 amide bonds. The van der Waals surface area contributed by atoms with Crippen molar-refractivity contribution < 1.29 is 4.42 Å². The molecule has 5 aromatic carbocycles. The first kappa shape index (κ1) is 23.2. The van der Waals surface area contributed by atoms with E-state index in [1.165, 1.54) is 0 Å². The van der Waals surface area contributed by atoms with Gasteiger partial charge in [-0.05, 0) is 42.5 Å². The van der Waals surface area contributed by atoms with Crippen LogP contribution < -0.4 is 5.32 Å². The van der Waals surface area contributed by atoms with Gasteiger partial charge < -0.3 is 9.73 Å². The number of furan rings is 1. The highest BCUT2D eigenvalue weighted by molar-refractivity contribution is 7.26. The molecule has 0 unspecified atom stereocenters. The number of benzene rings is 5. The van der Waals surface area contributed by atoms with E-state index in [9.17, 15) is 0 Å². The lowest BCUT2D eigenvalue weighted by atomic mass is 10.1. The molecule has 0 saturated heterocycles. The fourth-order valence-electron chi connectivity index (χ4n) is 5.27. The molecule has 0 fully saturated rings. The average molecular weight is 554 g/mol. The van der Waals surface area contributed by atoms with Crippen LogP contribution in [-0.2, 0) is 0 Å². The highest BCUT2D eigenvalue weighted by Crippen LogP contribution is 2.42. The van der Waals surface area contributed by atoms with Crippen molar-refractivity contribution in [2.45, 2.75) is 0 Å². The van der Waals surface area contributed by atoms with Crippen molar-refractivity contribution >= 4 is 76.6 Å². The number of thiophene rings is 1. The molecule has 0 aliphatic heterocycles. The summed E-state index contributed by atoms with van der Waals surface area (Å²) in [6.45, 7) is 0. The van der Waals surface area contributed by atoms with Crippen LogP contribution in [0.25, 0.3) is 64.9 Å². The largest absolute Gasteiger partial charge is 0.455 e. The first-order chi connectivity index (χ1) is 19.7. The van der Waals surface area contributed by atoms with E-state index < -0.39 is 0 Å². The van der Waals surface area contributed by atoms with E-state index in [0.717, 1.165) is 70.4 Å². The minimum atomic E-state index is 0.639. The Morgan fingerprint density at radius 3 is 2.40 bits per heavy atom. The summed E-state index contributed by atoms with van der Waals surface area (Å²) in [5, 5.41) is 7.34. The van der Waals surface area contributed by atoms with Gasteiger partial charge in [-0.15, -0.1) is 11.3 Å². The van der Waals surface area contributed by atoms with Crippen LogP contribution in [0.3, 0.4) is 0 Å². The predicted molar refractivity (Wildman–Crippen MR) is 168 cm³/mol. The van der Waals surface area contributed by atoms with Crippen LogP contribution in [0.5, 0.6) is 0 Å². The van der Waals surface area contributed by atoms with Gasteiger partial charge in [0.05, 0.1) is 32.2 Å². The minimum absolute atomic E-state index is 0.639. The maximum atomic E-state index is 6.43. The first-order valence-electron chi connectivity index (χ1n) is 12.9. The summed E-state index contributed by atoms with van der Waals surface area (Å²) in [5.41, 5.74) is 7.20. The Morgan fingerprint density at radius 1 is 0.700 bits per heavy atom. The molecule has 0 saturated carbocycles. The molecule has 1 N–H and O–H groups in total. The van der Waals surface area contributed by atoms with E-state index in [4.69, 9.17) is 26.0 Å². The van der Waals surface area contributed by atoms with Crippen molar-refractivity contribution in [2.75, 3.05) is 5.32 Å². The summed E-state index contributed by atoms with van der Waals surface area (Å²) in [6.07, 6.45) is 0. The second-order valence-corrected chi connectivity index (χ2v) is 11.1. The molecule has 4 nitrogen and oxygen atoms in total. The SMILES string of the molecule is Clc1ccccc1Nc1ccc2sc3c(-c4ccccc4)nc(-c4cccc5c4oc4ccccc45)nc3c2c1. The Kier molecular flexibility index (Phi) is 5.33. The zero-order valence-corrected chi connectivity index (χ0v) is 22.6. The molecule has 0 aliphatic carbocycles. The number of hydrogen-bond acceptors (Lipinski definition) is 5. The number of nitrogens with zero attached hydrogens (tertiary/aromatic N) is 2. The van der Waals surface area contributed by atoms with Crippen LogP contribution in [0.1, 0.15) is 0 Å². The molecule has 6 heteroatoms. The van der Waals surface area contributed by atoms with Crippen LogP contribution in [0, 0.1) is 0 Å². The van der Waals surface area contributed by atoms with E-state index in [1.54, 1.807) is 11.3 Å². The zero-order chi connectivity index (χ0) is 26.6. The Morgan fingerprint density at radius 2 is 1.50 bits per heavy atom. The van der Waals surface area contributed by atoms with Crippen molar-refractivity contribution in [3.63, 3.8) is 0 Å². The Hall–Kier alpha value is -4.71. The number of aromatic nitrogens is 2. The van der Waals surface area contributed by atoms with Crippen molar-refractivity contribution in [1.82, 2.24) is 9.97 Å². The monoisotopic (exact) mass is 553 g/mol. The number of anilines is 2.